The van der Waals surface area contributed by atoms with Gasteiger partial charge in [-0.05, 0) is 54.8 Å². The van der Waals surface area contributed by atoms with Crippen molar-refractivity contribution in [3.8, 4) is 33.9 Å². The van der Waals surface area contributed by atoms with Crippen LogP contribution in [-0.4, -0.2) is 55.0 Å². The Labute approximate surface area is 307 Å². The van der Waals surface area contributed by atoms with Gasteiger partial charge in [-0.2, -0.15) is 26.3 Å². The van der Waals surface area contributed by atoms with Gasteiger partial charge in [-0.3, -0.25) is 4.79 Å². The molecule has 1 heterocycles. The van der Waals surface area contributed by atoms with E-state index in [0.717, 1.165) is 11.6 Å². The van der Waals surface area contributed by atoms with E-state index in [-0.39, 0.29) is 35.9 Å². The summed E-state index contributed by atoms with van der Waals surface area (Å²) in [5, 5.41) is 3.07. The second-order valence-corrected chi connectivity index (χ2v) is 12.5. The Bertz CT molecular complexity index is 2010. The number of carbonyl (C=O) groups excluding carboxylic acids is 1. The van der Waals surface area contributed by atoms with Crippen LogP contribution in [0.3, 0.4) is 0 Å². The van der Waals surface area contributed by atoms with E-state index in [9.17, 15) is 31.1 Å². The van der Waals surface area contributed by atoms with Crippen LogP contribution in [0.25, 0.3) is 33.9 Å². The van der Waals surface area contributed by atoms with Crippen LogP contribution >= 0.6 is 11.6 Å². The van der Waals surface area contributed by atoms with Gasteiger partial charge in [-0.15, -0.1) is 0 Å². The molecule has 0 aliphatic carbocycles. The first kappa shape index (κ1) is 39.5. The number of aromatic nitrogens is 2. The first-order valence-electron chi connectivity index (χ1n) is 16.7. The van der Waals surface area contributed by atoms with Crippen molar-refractivity contribution < 1.29 is 40.6 Å². The Morgan fingerprint density at radius 2 is 1.47 bits per heavy atom. The summed E-state index contributed by atoms with van der Waals surface area (Å²) < 4.78 is 97.1. The Kier molecular flexibility index (Phi) is 13.0. The number of halogens is 7. The van der Waals surface area contributed by atoms with Gasteiger partial charge in [0, 0.05) is 60.1 Å². The van der Waals surface area contributed by atoms with Crippen molar-refractivity contribution in [1.29, 1.82) is 0 Å². The fourth-order valence-corrected chi connectivity index (χ4v) is 5.97. The number of nitrogens with zero attached hydrogens (tertiary/aromatic N) is 2. The van der Waals surface area contributed by atoms with Crippen LogP contribution < -0.4 is 11.1 Å². The van der Waals surface area contributed by atoms with Crippen LogP contribution in [0.15, 0.2) is 91.0 Å². The molecule has 7 nitrogen and oxygen atoms in total. The number of hydrogen-bond acceptors (Lipinski definition) is 5. The SMILES string of the molecule is Cc1ccccc1-c1nc(-c2ccc(C(F)(F)F)cc2C(F)(F)F)n(Cc2ccc(C(=O)NCCOCCCOCCN)cc2)c1-c1ccccc1Cl. The molecule has 0 saturated carbocycles. The first-order valence-corrected chi connectivity index (χ1v) is 17.1. The summed E-state index contributed by atoms with van der Waals surface area (Å²) in [7, 11) is 0. The fraction of sp³-hybridized carbons (Fsp3) is 0.282. The van der Waals surface area contributed by atoms with Crippen LogP contribution in [0.1, 0.15) is 39.0 Å². The molecule has 0 bridgehead atoms. The van der Waals surface area contributed by atoms with Gasteiger partial charge in [-0.1, -0.05) is 72.3 Å². The summed E-state index contributed by atoms with van der Waals surface area (Å²) >= 11 is 6.70. The maximum atomic E-state index is 14.6. The summed E-state index contributed by atoms with van der Waals surface area (Å²) in [6.45, 7) is 4.22. The van der Waals surface area contributed by atoms with Crippen LogP contribution in [0, 0.1) is 6.92 Å². The highest BCUT2D eigenvalue weighted by molar-refractivity contribution is 6.33. The highest BCUT2D eigenvalue weighted by Crippen LogP contribution is 2.45. The molecule has 0 saturated heterocycles. The first-order chi connectivity index (χ1) is 25.3. The van der Waals surface area contributed by atoms with E-state index < -0.39 is 29.0 Å². The van der Waals surface area contributed by atoms with Crippen molar-refractivity contribution in [3.63, 3.8) is 0 Å². The number of alkyl halides is 6. The Balaban J connectivity index is 1.54. The molecule has 1 aromatic heterocycles. The molecule has 0 aliphatic rings. The molecule has 0 fully saturated rings. The van der Waals surface area contributed by atoms with E-state index in [1.807, 2.05) is 13.0 Å². The minimum Gasteiger partial charge on any atom is -0.380 e. The van der Waals surface area contributed by atoms with E-state index in [4.69, 9.17) is 31.8 Å². The van der Waals surface area contributed by atoms with Gasteiger partial charge in [0.05, 0.1) is 35.7 Å². The van der Waals surface area contributed by atoms with Crippen molar-refractivity contribution in [1.82, 2.24) is 14.9 Å². The van der Waals surface area contributed by atoms with Crippen molar-refractivity contribution in [2.45, 2.75) is 32.2 Å². The second-order valence-electron chi connectivity index (χ2n) is 12.1. The predicted molar refractivity (Wildman–Crippen MR) is 191 cm³/mol. The lowest BCUT2D eigenvalue weighted by Crippen LogP contribution is -2.27. The van der Waals surface area contributed by atoms with Gasteiger partial charge in [0.25, 0.3) is 5.91 Å². The molecular formula is C39H37ClF6N4O3. The summed E-state index contributed by atoms with van der Waals surface area (Å²) in [5.74, 6) is -0.570. The molecule has 5 aromatic rings. The number of aryl methyl sites for hydroxylation is 1. The number of nitrogens with two attached hydrogens (primary N) is 1. The largest absolute Gasteiger partial charge is 0.417 e. The van der Waals surface area contributed by atoms with E-state index in [0.29, 0.717) is 79.1 Å². The molecule has 3 N–H and O–H groups in total. The quantitative estimate of drug-likeness (QED) is 0.0822. The van der Waals surface area contributed by atoms with E-state index >= 15 is 0 Å². The summed E-state index contributed by atoms with van der Waals surface area (Å²) in [6, 6.07) is 21.9. The third-order valence-electron chi connectivity index (χ3n) is 8.32. The topological polar surface area (TPSA) is 91.4 Å². The molecular weight excluding hydrogens is 722 g/mol. The van der Waals surface area contributed by atoms with Crippen molar-refractivity contribution in [2.75, 3.05) is 39.5 Å². The molecule has 53 heavy (non-hydrogen) atoms. The number of hydrogen-bond donors (Lipinski definition) is 2. The number of ether oxygens (including phenoxy) is 2. The van der Waals surface area contributed by atoms with E-state index in [2.05, 4.69) is 5.32 Å². The second kappa shape index (κ2) is 17.4. The van der Waals surface area contributed by atoms with Crippen molar-refractivity contribution >= 4 is 17.5 Å². The van der Waals surface area contributed by atoms with Crippen molar-refractivity contribution in [3.05, 3.63) is 124 Å². The van der Waals surface area contributed by atoms with Crippen LogP contribution in [-0.2, 0) is 28.4 Å². The Morgan fingerprint density at radius 1 is 0.811 bits per heavy atom. The monoisotopic (exact) mass is 758 g/mol. The number of rotatable bonds is 15. The number of amides is 1. The molecule has 0 aliphatic heterocycles. The molecule has 0 atom stereocenters. The summed E-state index contributed by atoms with van der Waals surface area (Å²) in [6.07, 6.45) is -9.47. The van der Waals surface area contributed by atoms with Gasteiger partial charge in [0.2, 0.25) is 0 Å². The van der Waals surface area contributed by atoms with Crippen LogP contribution in [0.5, 0.6) is 0 Å². The number of nitrogens with one attached hydrogen (secondary N) is 1. The summed E-state index contributed by atoms with van der Waals surface area (Å²) in [5.41, 5.74) is 5.28. The number of imidazole rings is 1. The summed E-state index contributed by atoms with van der Waals surface area (Å²) in [4.78, 5) is 17.6. The average Bonchev–Trinajstić information content (AvgIpc) is 3.48. The zero-order chi connectivity index (χ0) is 38.2. The lowest BCUT2D eigenvalue weighted by molar-refractivity contribution is -0.142. The smallest absolute Gasteiger partial charge is 0.380 e. The van der Waals surface area contributed by atoms with Gasteiger partial charge in [0.1, 0.15) is 5.82 Å². The highest BCUT2D eigenvalue weighted by atomic mass is 35.5. The van der Waals surface area contributed by atoms with Gasteiger partial charge in [-0.25, -0.2) is 4.98 Å². The molecule has 1 amide bonds. The van der Waals surface area contributed by atoms with Gasteiger partial charge in [0.15, 0.2) is 0 Å². The van der Waals surface area contributed by atoms with Gasteiger partial charge >= 0.3 is 12.4 Å². The van der Waals surface area contributed by atoms with Gasteiger partial charge < -0.3 is 25.1 Å². The molecule has 0 radical (unpaired) electrons. The maximum absolute atomic E-state index is 14.6. The third kappa shape index (κ3) is 9.85. The molecule has 5 rings (SSSR count). The van der Waals surface area contributed by atoms with Crippen molar-refractivity contribution in [2.24, 2.45) is 5.73 Å². The zero-order valence-electron chi connectivity index (χ0n) is 28.7. The molecule has 4 aromatic carbocycles. The third-order valence-corrected chi connectivity index (χ3v) is 8.65. The highest BCUT2D eigenvalue weighted by Gasteiger charge is 2.40. The van der Waals surface area contributed by atoms with E-state index in [1.165, 1.54) is 4.57 Å². The standard InChI is InChI=1S/C39H37ClF6N4O3/c1-25-7-2-3-8-29(25)34-35(31-9-4-5-10-33(31)40)50(36(49-34)30-16-15-28(38(41,42)43)23-32(30)39(44,45)46)24-26-11-13-27(14-12-26)37(51)48-18-22-53-20-6-19-52-21-17-47/h2-5,7-16,23H,6,17-22,24,47H2,1H3,(H,48,51). The maximum Gasteiger partial charge on any atom is 0.417 e. The minimum absolute atomic E-state index is 0.0716. The molecule has 280 valence electrons. The minimum atomic E-state index is -5.15. The average molecular weight is 759 g/mol. The normalized spacial score (nSPS) is 11.9. The molecule has 14 heteroatoms. The lowest BCUT2D eigenvalue weighted by Gasteiger charge is -2.18. The zero-order valence-corrected chi connectivity index (χ0v) is 29.4. The van der Waals surface area contributed by atoms with E-state index in [1.54, 1.807) is 66.7 Å². The van der Waals surface area contributed by atoms with Crippen LogP contribution in [0.4, 0.5) is 26.3 Å². The molecule has 0 unspecified atom stereocenters. The number of benzene rings is 4. The fourth-order valence-electron chi connectivity index (χ4n) is 5.75. The van der Waals surface area contributed by atoms with Crippen LogP contribution in [0.2, 0.25) is 5.02 Å². The Hall–Kier alpha value is -4.69. The predicted octanol–water partition coefficient (Wildman–Crippen LogP) is 9.04. The lowest BCUT2D eigenvalue weighted by atomic mass is 10.0. The molecule has 0 spiro atoms. The Morgan fingerprint density at radius 3 is 2.11 bits per heavy atom. The number of carbonyl (C=O) groups is 1.